The maximum atomic E-state index is 12.2. The molecule has 1 aliphatic rings. The summed E-state index contributed by atoms with van der Waals surface area (Å²) < 4.78 is 0. The summed E-state index contributed by atoms with van der Waals surface area (Å²) in [4.78, 5) is 18.2. The van der Waals surface area contributed by atoms with E-state index >= 15 is 0 Å². The van der Waals surface area contributed by atoms with Crippen LogP contribution in [-0.2, 0) is 4.79 Å². The van der Waals surface area contributed by atoms with E-state index in [0.717, 1.165) is 32.2 Å². The van der Waals surface area contributed by atoms with Crippen molar-refractivity contribution in [3.63, 3.8) is 0 Å². The number of nitrogens with zero attached hydrogens (tertiary/aromatic N) is 2. The van der Waals surface area contributed by atoms with Gasteiger partial charge in [-0.2, -0.15) is 0 Å². The van der Waals surface area contributed by atoms with Gasteiger partial charge in [-0.3, -0.25) is 9.79 Å². The molecule has 0 radical (unpaired) electrons. The lowest BCUT2D eigenvalue weighted by Crippen LogP contribution is -2.42. The first-order chi connectivity index (χ1) is 8.02. The average molecular weight is 240 g/mol. The van der Waals surface area contributed by atoms with Gasteiger partial charge < -0.3 is 16.0 Å². The Labute approximate surface area is 103 Å². The Balaban J connectivity index is 2.73. The molecular weight excluding hydrogens is 216 g/mol. The third-order valence-corrected chi connectivity index (χ3v) is 3.33. The van der Waals surface area contributed by atoms with E-state index in [1.165, 1.54) is 0 Å². The second-order valence-electron chi connectivity index (χ2n) is 4.92. The van der Waals surface area contributed by atoms with Crippen LogP contribution >= 0.6 is 0 Å². The predicted molar refractivity (Wildman–Crippen MR) is 69.8 cm³/mol. The highest BCUT2D eigenvalue weighted by Gasteiger charge is 2.41. The number of carbonyl (C=O) groups excluding carboxylic acids is 1. The van der Waals surface area contributed by atoms with Crippen LogP contribution in [0.5, 0.6) is 0 Å². The number of carbonyl (C=O) groups is 1. The van der Waals surface area contributed by atoms with Gasteiger partial charge in [-0.05, 0) is 19.8 Å². The molecule has 5 nitrogen and oxygen atoms in total. The van der Waals surface area contributed by atoms with Gasteiger partial charge in [0.05, 0.1) is 12.0 Å². The van der Waals surface area contributed by atoms with Crippen molar-refractivity contribution in [2.45, 2.75) is 32.6 Å². The minimum Gasteiger partial charge on any atom is -0.370 e. The first-order valence-corrected chi connectivity index (χ1v) is 6.27. The van der Waals surface area contributed by atoms with Gasteiger partial charge in [0.2, 0.25) is 5.91 Å². The Bertz CT molecular complexity index is 293. The summed E-state index contributed by atoms with van der Waals surface area (Å²) in [5, 5.41) is 2.96. The molecule has 0 bridgehead atoms. The fourth-order valence-corrected chi connectivity index (χ4v) is 2.44. The van der Waals surface area contributed by atoms with Crippen LogP contribution in [0.1, 0.15) is 32.6 Å². The molecule has 1 rings (SSSR count). The number of nitrogens with two attached hydrogens (primary N) is 1. The van der Waals surface area contributed by atoms with Gasteiger partial charge in [0.1, 0.15) is 0 Å². The molecule has 0 heterocycles. The Morgan fingerprint density at radius 2 is 2.00 bits per heavy atom. The largest absolute Gasteiger partial charge is 0.370 e. The van der Waals surface area contributed by atoms with E-state index in [-0.39, 0.29) is 11.3 Å². The van der Waals surface area contributed by atoms with Crippen molar-refractivity contribution in [1.82, 2.24) is 10.2 Å². The van der Waals surface area contributed by atoms with E-state index in [1.54, 1.807) is 19.0 Å². The van der Waals surface area contributed by atoms with E-state index in [0.29, 0.717) is 12.5 Å². The molecule has 0 spiro atoms. The second-order valence-corrected chi connectivity index (χ2v) is 4.92. The summed E-state index contributed by atoms with van der Waals surface area (Å²) in [6.07, 6.45) is 4.06. The molecule has 1 aliphatic carbocycles. The van der Waals surface area contributed by atoms with Gasteiger partial charge in [0.25, 0.3) is 0 Å². The Hall–Kier alpha value is -1.26. The summed E-state index contributed by atoms with van der Waals surface area (Å²) in [5.74, 6) is 0.619. The highest BCUT2D eigenvalue weighted by Crippen LogP contribution is 2.39. The number of nitrogens with one attached hydrogen (secondary N) is 1. The number of hydrogen-bond acceptors (Lipinski definition) is 2. The van der Waals surface area contributed by atoms with Crippen LogP contribution in [0.25, 0.3) is 0 Å². The SMILES string of the molecule is CCNC(N)=NCC1(C(=O)N(C)C)CCCC1. The van der Waals surface area contributed by atoms with Crippen molar-refractivity contribution in [2.75, 3.05) is 27.2 Å². The molecule has 1 saturated carbocycles. The van der Waals surface area contributed by atoms with E-state index in [2.05, 4.69) is 10.3 Å². The zero-order chi connectivity index (χ0) is 12.9. The minimum absolute atomic E-state index is 0.183. The minimum atomic E-state index is -0.316. The van der Waals surface area contributed by atoms with Crippen LogP contribution in [-0.4, -0.2) is 44.0 Å². The van der Waals surface area contributed by atoms with Crippen LogP contribution in [0.15, 0.2) is 4.99 Å². The third kappa shape index (κ3) is 3.35. The first kappa shape index (κ1) is 13.8. The topological polar surface area (TPSA) is 70.7 Å². The fourth-order valence-electron chi connectivity index (χ4n) is 2.44. The van der Waals surface area contributed by atoms with Crippen molar-refractivity contribution < 1.29 is 4.79 Å². The number of guanidine groups is 1. The summed E-state index contributed by atoms with van der Waals surface area (Å²) in [6.45, 7) is 3.23. The average Bonchev–Trinajstić information content (AvgIpc) is 2.75. The summed E-state index contributed by atoms with van der Waals surface area (Å²) >= 11 is 0. The highest BCUT2D eigenvalue weighted by molar-refractivity contribution is 5.84. The molecule has 17 heavy (non-hydrogen) atoms. The number of rotatable bonds is 4. The molecule has 1 amide bonds. The zero-order valence-electron chi connectivity index (χ0n) is 11.1. The third-order valence-electron chi connectivity index (χ3n) is 3.33. The van der Waals surface area contributed by atoms with Crippen molar-refractivity contribution in [3.05, 3.63) is 0 Å². The summed E-state index contributed by atoms with van der Waals surface area (Å²) in [5.41, 5.74) is 5.40. The lowest BCUT2D eigenvalue weighted by molar-refractivity contribution is -0.138. The van der Waals surface area contributed by atoms with Gasteiger partial charge in [0.15, 0.2) is 5.96 Å². The van der Waals surface area contributed by atoms with Gasteiger partial charge in [0, 0.05) is 20.6 Å². The maximum Gasteiger partial charge on any atom is 0.230 e. The van der Waals surface area contributed by atoms with E-state index in [1.807, 2.05) is 6.92 Å². The molecular formula is C12H24N4O. The first-order valence-electron chi connectivity index (χ1n) is 6.27. The Morgan fingerprint density at radius 3 is 2.47 bits per heavy atom. The van der Waals surface area contributed by atoms with Crippen molar-refractivity contribution in [2.24, 2.45) is 16.1 Å². The molecule has 98 valence electrons. The zero-order valence-corrected chi connectivity index (χ0v) is 11.1. The normalized spacial score (nSPS) is 19.1. The number of aliphatic imine (C=N–C) groups is 1. The number of hydrogen-bond donors (Lipinski definition) is 2. The molecule has 0 aliphatic heterocycles. The van der Waals surface area contributed by atoms with Gasteiger partial charge in [-0.25, -0.2) is 0 Å². The molecule has 0 saturated heterocycles. The summed E-state index contributed by atoms with van der Waals surface area (Å²) in [6, 6.07) is 0. The van der Waals surface area contributed by atoms with Crippen LogP contribution in [0.3, 0.4) is 0 Å². The monoisotopic (exact) mass is 240 g/mol. The van der Waals surface area contributed by atoms with Crippen molar-refractivity contribution >= 4 is 11.9 Å². The molecule has 0 aromatic carbocycles. The molecule has 0 aromatic heterocycles. The summed E-state index contributed by atoms with van der Waals surface area (Å²) in [7, 11) is 3.61. The van der Waals surface area contributed by atoms with Crippen LogP contribution in [0, 0.1) is 5.41 Å². The van der Waals surface area contributed by atoms with Gasteiger partial charge >= 0.3 is 0 Å². The predicted octanol–water partition coefficient (Wildman–Crippen LogP) is 0.559. The molecule has 5 heteroatoms. The van der Waals surface area contributed by atoms with Gasteiger partial charge in [-0.1, -0.05) is 12.8 Å². The standard InChI is InChI=1S/C12H24N4O/c1-4-14-11(13)15-9-12(7-5-6-8-12)10(17)16(2)3/h4-9H2,1-3H3,(H3,13,14,15). The van der Waals surface area contributed by atoms with E-state index < -0.39 is 0 Å². The molecule has 0 unspecified atom stereocenters. The second kappa shape index (κ2) is 5.89. The van der Waals surface area contributed by atoms with E-state index in [9.17, 15) is 4.79 Å². The maximum absolute atomic E-state index is 12.2. The highest BCUT2D eigenvalue weighted by atomic mass is 16.2. The van der Waals surface area contributed by atoms with E-state index in [4.69, 9.17) is 5.73 Å². The lowest BCUT2D eigenvalue weighted by Gasteiger charge is -2.29. The van der Waals surface area contributed by atoms with Crippen molar-refractivity contribution in [1.29, 1.82) is 0 Å². The Morgan fingerprint density at radius 1 is 1.41 bits per heavy atom. The van der Waals surface area contributed by atoms with Crippen LogP contribution < -0.4 is 11.1 Å². The quantitative estimate of drug-likeness (QED) is 0.557. The van der Waals surface area contributed by atoms with Crippen LogP contribution in [0.4, 0.5) is 0 Å². The van der Waals surface area contributed by atoms with Gasteiger partial charge in [-0.15, -0.1) is 0 Å². The van der Waals surface area contributed by atoms with Crippen LogP contribution in [0.2, 0.25) is 0 Å². The number of amides is 1. The smallest absolute Gasteiger partial charge is 0.230 e. The Kier molecular flexibility index (Phi) is 4.78. The molecule has 1 fully saturated rings. The molecule has 0 atom stereocenters. The molecule has 3 N–H and O–H groups in total. The molecule has 0 aromatic rings. The van der Waals surface area contributed by atoms with Crippen molar-refractivity contribution in [3.8, 4) is 0 Å². The lowest BCUT2D eigenvalue weighted by atomic mass is 9.85. The fraction of sp³-hybridized carbons (Fsp3) is 0.833.